The average molecular weight is 213 g/mol. The van der Waals surface area contributed by atoms with E-state index in [0.29, 0.717) is 0 Å². The van der Waals surface area contributed by atoms with E-state index in [-0.39, 0.29) is 22.9 Å². The second-order valence-electron chi connectivity index (χ2n) is 5.62. The second kappa shape index (κ2) is 3.51. The molecule has 0 aliphatic heterocycles. The van der Waals surface area contributed by atoms with Crippen LogP contribution in [0.15, 0.2) is 5.16 Å². The highest BCUT2D eigenvalue weighted by molar-refractivity contribution is 5.84. The van der Waals surface area contributed by atoms with Crippen LogP contribution in [0.1, 0.15) is 34.6 Å². The van der Waals surface area contributed by atoms with Crippen LogP contribution in [0.2, 0.25) is 0 Å². The van der Waals surface area contributed by atoms with Crippen molar-refractivity contribution in [3.63, 3.8) is 0 Å². The molecule has 1 N–H and O–H groups in total. The molecule has 2 atom stereocenters. The van der Waals surface area contributed by atoms with Gasteiger partial charge in [-0.25, -0.2) is 0 Å². The Balaban J connectivity index is 2.52. The zero-order valence-electron chi connectivity index (χ0n) is 9.94. The van der Waals surface area contributed by atoms with Crippen molar-refractivity contribution in [3.8, 4) is 0 Å². The minimum atomic E-state index is -0.757. The Bertz CT molecular complexity index is 289. The fourth-order valence-electron chi connectivity index (χ4n) is 1.68. The van der Waals surface area contributed by atoms with Crippen LogP contribution in [0.25, 0.3) is 0 Å². The summed E-state index contributed by atoms with van der Waals surface area (Å²) in [4.78, 5) is 16.0. The molecule has 0 heterocycles. The lowest BCUT2D eigenvalue weighted by molar-refractivity contribution is -0.139. The Morgan fingerprint density at radius 1 is 1.47 bits per heavy atom. The molecule has 0 bridgehead atoms. The van der Waals surface area contributed by atoms with Gasteiger partial charge in [-0.1, -0.05) is 19.0 Å². The number of hydrogen-bond acceptors (Lipinski definition) is 3. The molecule has 1 unspecified atom stereocenters. The molecule has 0 saturated heterocycles. The standard InChI is InChI=1S/C11H19NO3/c1-10(2,3)15-12-6-7-8(9(13)14)11(7,4)5/h6-8H,1-5H3,(H,13,14)/b12-6+/t7?,8-/m0/s1. The second-order valence-corrected chi connectivity index (χ2v) is 5.62. The van der Waals surface area contributed by atoms with Crippen molar-refractivity contribution in [3.05, 3.63) is 0 Å². The predicted octanol–water partition coefficient (Wildman–Crippen LogP) is 2.14. The van der Waals surface area contributed by atoms with Gasteiger partial charge in [0, 0.05) is 12.1 Å². The van der Waals surface area contributed by atoms with Gasteiger partial charge in [0.1, 0.15) is 5.60 Å². The number of carbonyl (C=O) groups is 1. The molecule has 0 aromatic heterocycles. The van der Waals surface area contributed by atoms with Gasteiger partial charge in [0.15, 0.2) is 0 Å². The van der Waals surface area contributed by atoms with Crippen LogP contribution in [0.5, 0.6) is 0 Å². The minimum Gasteiger partial charge on any atom is -0.481 e. The van der Waals surface area contributed by atoms with Crippen molar-refractivity contribution >= 4 is 12.2 Å². The molecule has 1 rings (SSSR count). The van der Waals surface area contributed by atoms with E-state index in [1.165, 1.54) is 0 Å². The summed E-state index contributed by atoms with van der Waals surface area (Å²) >= 11 is 0. The Labute approximate surface area is 90.3 Å². The zero-order valence-corrected chi connectivity index (χ0v) is 9.94. The molecule has 1 fully saturated rings. The first kappa shape index (κ1) is 12.0. The van der Waals surface area contributed by atoms with E-state index in [1.54, 1.807) is 6.21 Å². The van der Waals surface area contributed by atoms with Crippen LogP contribution >= 0.6 is 0 Å². The number of hydrogen-bond donors (Lipinski definition) is 1. The number of nitrogens with zero attached hydrogens (tertiary/aromatic N) is 1. The van der Waals surface area contributed by atoms with Crippen LogP contribution in [0, 0.1) is 17.3 Å². The van der Waals surface area contributed by atoms with Gasteiger partial charge < -0.3 is 9.94 Å². The fraction of sp³-hybridized carbons (Fsp3) is 0.818. The van der Waals surface area contributed by atoms with E-state index >= 15 is 0 Å². The molecule has 4 heteroatoms. The van der Waals surface area contributed by atoms with Crippen LogP contribution in [0.3, 0.4) is 0 Å². The van der Waals surface area contributed by atoms with E-state index < -0.39 is 5.97 Å². The summed E-state index contributed by atoms with van der Waals surface area (Å²) in [5, 5.41) is 12.8. The minimum absolute atomic E-state index is 0.0163. The van der Waals surface area contributed by atoms with Crippen molar-refractivity contribution in [2.45, 2.75) is 40.2 Å². The Hall–Kier alpha value is -1.06. The van der Waals surface area contributed by atoms with Crippen LogP contribution in [-0.4, -0.2) is 22.9 Å². The number of carboxylic acids is 1. The van der Waals surface area contributed by atoms with E-state index in [9.17, 15) is 4.79 Å². The highest BCUT2D eigenvalue weighted by Gasteiger charge is 2.61. The smallest absolute Gasteiger partial charge is 0.307 e. The Kier molecular flexibility index (Phi) is 2.81. The summed E-state index contributed by atoms with van der Waals surface area (Å²) in [5.41, 5.74) is -0.523. The van der Waals surface area contributed by atoms with Crippen molar-refractivity contribution in [1.29, 1.82) is 0 Å². The summed E-state index contributed by atoms with van der Waals surface area (Å²) in [5.74, 6) is -1.10. The van der Waals surface area contributed by atoms with Gasteiger partial charge in [-0.15, -0.1) is 0 Å². The molecular formula is C11H19NO3. The van der Waals surface area contributed by atoms with Gasteiger partial charge in [-0.2, -0.15) is 0 Å². The molecule has 1 aliphatic rings. The quantitative estimate of drug-likeness (QED) is 0.577. The maximum absolute atomic E-state index is 10.8. The molecule has 4 nitrogen and oxygen atoms in total. The van der Waals surface area contributed by atoms with Crippen LogP contribution < -0.4 is 0 Å². The number of carboxylic acid groups (broad SMARTS) is 1. The van der Waals surface area contributed by atoms with Crippen molar-refractivity contribution in [1.82, 2.24) is 0 Å². The van der Waals surface area contributed by atoms with E-state index in [2.05, 4.69) is 5.16 Å². The number of aliphatic carboxylic acids is 1. The first-order valence-electron chi connectivity index (χ1n) is 5.11. The molecule has 0 radical (unpaired) electrons. The highest BCUT2D eigenvalue weighted by atomic mass is 16.6. The molecule has 0 spiro atoms. The molecule has 1 saturated carbocycles. The van der Waals surface area contributed by atoms with E-state index in [4.69, 9.17) is 9.94 Å². The van der Waals surface area contributed by atoms with Crippen molar-refractivity contribution in [2.24, 2.45) is 22.4 Å². The third kappa shape index (κ3) is 2.70. The fourth-order valence-corrected chi connectivity index (χ4v) is 1.68. The van der Waals surface area contributed by atoms with Gasteiger partial charge in [-0.3, -0.25) is 4.79 Å². The molecule has 0 aromatic carbocycles. The Morgan fingerprint density at radius 2 is 2.00 bits per heavy atom. The van der Waals surface area contributed by atoms with Gasteiger partial charge in [0.25, 0.3) is 0 Å². The Morgan fingerprint density at radius 3 is 2.33 bits per heavy atom. The monoisotopic (exact) mass is 213 g/mol. The van der Waals surface area contributed by atoms with Gasteiger partial charge in [0.05, 0.1) is 5.92 Å². The zero-order chi connectivity index (χ0) is 11.9. The van der Waals surface area contributed by atoms with E-state index in [0.717, 1.165) is 0 Å². The molecule has 0 aromatic rings. The largest absolute Gasteiger partial charge is 0.481 e. The average Bonchev–Trinajstić information content (AvgIpc) is 2.50. The molecule has 86 valence electrons. The van der Waals surface area contributed by atoms with E-state index in [1.807, 2.05) is 34.6 Å². The van der Waals surface area contributed by atoms with Crippen LogP contribution in [0.4, 0.5) is 0 Å². The first-order valence-corrected chi connectivity index (χ1v) is 5.11. The van der Waals surface area contributed by atoms with Gasteiger partial charge >= 0.3 is 5.97 Å². The van der Waals surface area contributed by atoms with Gasteiger partial charge in [0.2, 0.25) is 0 Å². The SMILES string of the molecule is CC(C)(C)O/N=C/C1[C@@H](C(=O)O)C1(C)C. The molecule has 0 amide bonds. The third-order valence-electron chi connectivity index (χ3n) is 2.72. The number of rotatable bonds is 3. The summed E-state index contributed by atoms with van der Waals surface area (Å²) in [6.45, 7) is 9.56. The maximum atomic E-state index is 10.8. The number of oxime groups is 1. The third-order valence-corrected chi connectivity index (χ3v) is 2.72. The predicted molar refractivity (Wildman–Crippen MR) is 57.7 cm³/mol. The normalized spacial score (nSPS) is 29.1. The molecule has 15 heavy (non-hydrogen) atoms. The summed E-state index contributed by atoms with van der Waals surface area (Å²) in [6.07, 6.45) is 1.62. The molecule has 1 aliphatic carbocycles. The van der Waals surface area contributed by atoms with Crippen molar-refractivity contribution in [2.75, 3.05) is 0 Å². The van der Waals surface area contributed by atoms with Crippen LogP contribution in [-0.2, 0) is 9.63 Å². The lowest BCUT2D eigenvalue weighted by Gasteiger charge is -2.14. The topological polar surface area (TPSA) is 58.9 Å². The summed E-state index contributed by atoms with van der Waals surface area (Å²) in [7, 11) is 0. The molecular weight excluding hydrogens is 194 g/mol. The highest BCUT2D eigenvalue weighted by Crippen LogP contribution is 2.57. The summed E-state index contributed by atoms with van der Waals surface area (Å²) < 4.78 is 0. The van der Waals surface area contributed by atoms with Gasteiger partial charge in [-0.05, 0) is 26.2 Å². The maximum Gasteiger partial charge on any atom is 0.307 e. The lowest BCUT2D eigenvalue weighted by Crippen LogP contribution is -2.15. The first-order chi connectivity index (χ1) is 6.66. The lowest BCUT2D eigenvalue weighted by atomic mass is 10.1. The summed E-state index contributed by atoms with van der Waals surface area (Å²) in [6, 6.07) is 0. The van der Waals surface area contributed by atoms with Crippen molar-refractivity contribution < 1.29 is 14.7 Å².